The van der Waals surface area contributed by atoms with Crippen molar-refractivity contribution >= 4 is 63.7 Å². The quantitative estimate of drug-likeness (QED) is 0.560. The molecular formula is C23H25Cl2N5O2S. The van der Waals surface area contributed by atoms with Crippen LogP contribution in [-0.4, -0.2) is 43.5 Å². The number of aryl methyl sites for hydroxylation is 2. The van der Waals surface area contributed by atoms with Gasteiger partial charge in [-0.2, -0.15) is 5.10 Å². The van der Waals surface area contributed by atoms with Gasteiger partial charge in [0, 0.05) is 29.9 Å². The van der Waals surface area contributed by atoms with Crippen LogP contribution >= 0.6 is 35.0 Å². The zero-order valence-corrected chi connectivity index (χ0v) is 20.8. The Bertz CT molecular complexity index is 1140. The van der Waals surface area contributed by atoms with E-state index in [-0.39, 0.29) is 23.6 Å². The van der Waals surface area contributed by atoms with E-state index in [1.165, 1.54) is 18.2 Å². The number of aliphatic imine (C=N–C) groups is 1. The van der Waals surface area contributed by atoms with E-state index >= 15 is 0 Å². The standard InChI is InChI=1S/C23H25Cl2N5O2S/c1-14-15(12-29(2)28-14)10-20-22(32)30(17-6-4-3-5-7-17)23(27-20)33-13-21(31)26-19-9-8-16(24)11-18(19)25/h8-12,17H,3-7,13H2,1-2H3,(H,26,31). The summed E-state index contributed by atoms with van der Waals surface area (Å²) >= 11 is 13.3. The molecule has 1 saturated carbocycles. The van der Waals surface area contributed by atoms with Crippen molar-refractivity contribution in [2.24, 2.45) is 12.0 Å². The Kier molecular flexibility index (Phi) is 7.46. The highest BCUT2D eigenvalue weighted by molar-refractivity contribution is 8.14. The van der Waals surface area contributed by atoms with Gasteiger partial charge >= 0.3 is 0 Å². The molecule has 0 saturated heterocycles. The fourth-order valence-corrected chi connectivity index (χ4v) is 5.41. The molecule has 1 N–H and O–H groups in total. The highest BCUT2D eigenvalue weighted by Crippen LogP contribution is 2.32. The van der Waals surface area contributed by atoms with E-state index in [4.69, 9.17) is 23.2 Å². The molecule has 4 rings (SSSR count). The summed E-state index contributed by atoms with van der Waals surface area (Å²) in [5.41, 5.74) is 2.56. The molecule has 7 nitrogen and oxygen atoms in total. The molecule has 1 fully saturated rings. The molecule has 10 heteroatoms. The van der Waals surface area contributed by atoms with Gasteiger partial charge in [0.15, 0.2) is 5.17 Å². The van der Waals surface area contributed by atoms with Gasteiger partial charge in [0.25, 0.3) is 5.91 Å². The van der Waals surface area contributed by atoms with Gasteiger partial charge in [-0.15, -0.1) is 0 Å². The number of hydrogen-bond donors (Lipinski definition) is 1. The fraction of sp³-hybridized carbons (Fsp3) is 0.391. The van der Waals surface area contributed by atoms with Crippen molar-refractivity contribution in [2.45, 2.75) is 45.1 Å². The molecule has 0 atom stereocenters. The van der Waals surface area contributed by atoms with E-state index in [0.29, 0.717) is 26.6 Å². The van der Waals surface area contributed by atoms with Crippen LogP contribution in [0.4, 0.5) is 5.69 Å². The minimum absolute atomic E-state index is 0.104. The summed E-state index contributed by atoms with van der Waals surface area (Å²) in [6, 6.07) is 5.01. The number of amides is 2. The van der Waals surface area contributed by atoms with Crippen molar-refractivity contribution in [3.63, 3.8) is 0 Å². The number of aromatic nitrogens is 2. The lowest BCUT2D eigenvalue weighted by Crippen LogP contribution is -2.41. The Morgan fingerprint density at radius 2 is 2.03 bits per heavy atom. The van der Waals surface area contributed by atoms with Crippen molar-refractivity contribution in [3.8, 4) is 0 Å². The maximum Gasteiger partial charge on any atom is 0.278 e. The molecule has 33 heavy (non-hydrogen) atoms. The van der Waals surface area contributed by atoms with Crippen molar-refractivity contribution in [1.29, 1.82) is 0 Å². The predicted molar refractivity (Wildman–Crippen MR) is 135 cm³/mol. The molecule has 1 aromatic heterocycles. The Morgan fingerprint density at radius 1 is 1.27 bits per heavy atom. The number of benzene rings is 1. The number of nitrogens with zero attached hydrogens (tertiary/aromatic N) is 4. The molecule has 0 radical (unpaired) electrons. The molecule has 2 amide bonds. The molecule has 2 heterocycles. The maximum atomic E-state index is 13.3. The topological polar surface area (TPSA) is 79.6 Å². The summed E-state index contributed by atoms with van der Waals surface area (Å²) in [4.78, 5) is 32.3. The lowest BCUT2D eigenvalue weighted by atomic mass is 9.94. The lowest BCUT2D eigenvalue weighted by Gasteiger charge is -2.31. The monoisotopic (exact) mass is 505 g/mol. The molecule has 1 aliphatic heterocycles. The van der Waals surface area contributed by atoms with Gasteiger partial charge in [-0.05, 0) is 44.0 Å². The molecule has 0 bridgehead atoms. The van der Waals surface area contributed by atoms with Crippen LogP contribution < -0.4 is 5.32 Å². The normalized spacial score (nSPS) is 18.2. The van der Waals surface area contributed by atoms with Crippen LogP contribution in [0.15, 0.2) is 35.1 Å². The maximum absolute atomic E-state index is 13.3. The molecule has 174 valence electrons. The lowest BCUT2D eigenvalue weighted by molar-refractivity contribution is -0.124. The zero-order chi connectivity index (χ0) is 23.5. The third-order valence-electron chi connectivity index (χ3n) is 5.68. The molecule has 1 aliphatic carbocycles. The van der Waals surface area contributed by atoms with Crippen molar-refractivity contribution in [2.75, 3.05) is 11.1 Å². The SMILES string of the molecule is Cc1nn(C)cc1C=C1N=C(SCC(=O)Nc2ccc(Cl)cc2Cl)N(C2CCCCC2)C1=O. The molecule has 0 unspecified atom stereocenters. The number of nitrogens with one attached hydrogen (secondary N) is 1. The Balaban J connectivity index is 1.52. The number of thioether (sulfide) groups is 1. The minimum atomic E-state index is -0.233. The van der Waals surface area contributed by atoms with Crippen LogP contribution in [0, 0.1) is 6.92 Å². The van der Waals surface area contributed by atoms with Crippen molar-refractivity contribution < 1.29 is 9.59 Å². The smallest absolute Gasteiger partial charge is 0.278 e. The Hall–Kier alpha value is -2.29. The first-order valence-electron chi connectivity index (χ1n) is 10.8. The van der Waals surface area contributed by atoms with Crippen molar-refractivity contribution in [1.82, 2.24) is 14.7 Å². The number of carbonyl (C=O) groups is 2. The fourth-order valence-electron chi connectivity index (χ4n) is 4.09. The van der Waals surface area contributed by atoms with Gasteiger partial charge in [-0.1, -0.05) is 54.2 Å². The first-order chi connectivity index (χ1) is 15.8. The van der Waals surface area contributed by atoms with Crippen LogP contribution in [0.5, 0.6) is 0 Å². The summed E-state index contributed by atoms with van der Waals surface area (Å²) in [6.07, 6.45) is 8.88. The van der Waals surface area contributed by atoms with Gasteiger partial charge in [0.1, 0.15) is 5.70 Å². The van der Waals surface area contributed by atoms with Gasteiger partial charge < -0.3 is 5.32 Å². The molecular weight excluding hydrogens is 481 g/mol. The van der Waals surface area contributed by atoms with E-state index < -0.39 is 0 Å². The number of carbonyl (C=O) groups excluding carboxylic acids is 2. The number of rotatable bonds is 5. The molecule has 2 aromatic rings. The highest BCUT2D eigenvalue weighted by atomic mass is 35.5. The summed E-state index contributed by atoms with van der Waals surface area (Å²) in [5, 5.41) is 8.57. The van der Waals surface area contributed by atoms with Crippen LogP contribution in [-0.2, 0) is 16.6 Å². The first kappa shape index (κ1) is 23.9. The Labute approximate surface area is 207 Å². The molecule has 1 aromatic carbocycles. The van der Waals surface area contributed by atoms with Crippen molar-refractivity contribution in [3.05, 3.63) is 51.4 Å². The van der Waals surface area contributed by atoms with E-state index in [2.05, 4.69) is 15.4 Å². The molecule has 2 aliphatic rings. The van der Waals surface area contributed by atoms with E-state index in [9.17, 15) is 9.59 Å². The number of amidine groups is 1. The Morgan fingerprint density at radius 3 is 2.70 bits per heavy atom. The van der Waals surface area contributed by atoms with Crippen LogP contribution in [0.2, 0.25) is 10.0 Å². The van der Waals surface area contributed by atoms with E-state index in [0.717, 1.165) is 36.9 Å². The first-order valence-corrected chi connectivity index (χ1v) is 12.6. The summed E-state index contributed by atoms with van der Waals surface area (Å²) in [6.45, 7) is 1.90. The second-order valence-electron chi connectivity index (χ2n) is 8.20. The van der Waals surface area contributed by atoms with Gasteiger partial charge in [0.05, 0.1) is 22.2 Å². The number of hydrogen-bond acceptors (Lipinski definition) is 5. The largest absolute Gasteiger partial charge is 0.324 e. The summed E-state index contributed by atoms with van der Waals surface area (Å²) < 4.78 is 1.71. The predicted octanol–water partition coefficient (Wildman–Crippen LogP) is 5.28. The van der Waals surface area contributed by atoms with Crippen LogP contribution in [0.1, 0.15) is 43.4 Å². The number of halogens is 2. The van der Waals surface area contributed by atoms with Gasteiger partial charge in [-0.25, -0.2) is 4.99 Å². The van der Waals surface area contributed by atoms with Gasteiger partial charge in [-0.3, -0.25) is 19.2 Å². The second-order valence-corrected chi connectivity index (χ2v) is 9.98. The zero-order valence-electron chi connectivity index (χ0n) is 18.5. The van der Waals surface area contributed by atoms with E-state index in [1.807, 2.05) is 20.2 Å². The average molecular weight is 506 g/mol. The second kappa shape index (κ2) is 10.3. The average Bonchev–Trinajstić information content (AvgIpc) is 3.27. The van der Waals surface area contributed by atoms with Crippen LogP contribution in [0.3, 0.4) is 0 Å². The highest BCUT2D eigenvalue weighted by Gasteiger charge is 2.36. The summed E-state index contributed by atoms with van der Waals surface area (Å²) in [7, 11) is 1.84. The van der Waals surface area contributed by atoms with Gasteiger partial charge in [0.2, 0.25) is 5.91 Å². The molecule has 0 spiro atoms. The third kappa shape index (κ3) is 5.62. The number of anilines is 1. The van der Waals surface area contributed by atoms with E-state index in [1.54, 1.807) is 33.9 Å². The van der Waals surface area contributed by atoms with Crippen LogP contribution in [0.25, 0.3) is 6.08 Å². The summed E-state index contributed by atoms with van der Waals surface area (Å²) in [5.74, 6) is -0.245. The minimum Gasteiger partial charge on any atom is -0.324 e. The third-order valence-corrected chi connectivity index (χ3v) is 7.18.